The monoisotopic (exact) mass is 440 g/mol. The maximum Gasteiger partial charge on any atom is 0.248 e. The van der Waals surface area contributed by atoms with E-state index in [-0.39, 0.29) is 6.42 Å². The highest BCUT2D eigenvalue weighted by atomic mass is 35.5. The number of halogens is 1. The predicted octanol–water partition coefficient (Wildman–Crippen LogP) is 3.85. The van der Waals surface area contributed by atoms with Gasteiger partial charge in [-0.15, -0.1) is 0 Å². The molecular weight excluding hydrogens is 416 g/mol. The minimum Gasteiger partial charge on any atom is -0.497 e. The third kappa shape index (κ3) is 5.33. The van der Waals surface area contributed by atoms with Crippen LogP contribution in [0.15, 0.2) is 36.4 Å². The van der Waals surface area contributed by atoms with Crippen LogP contribution in [0.5, 0.6) is 11.5 Å². The number of methoxy groups -OCH3 is 2. The van der Waals surface area contributed by atoms with Gasteiger partial charge >= 0.3 is 0 Å². The number of benzene rings is 2. The lowest BCUT2D eigenvalue weighted by Gasteiger charge is -2.31. The van der Waals surface area contributed by atoms with E-state index in [1.165, 1.54) is 14.2 Å². The van der Waals surface area contributed by atoms with Gasteiger partial charge in [0.15, 0.2) is 0 Å². The summed E-state index contributed by atoms with van der Waals surface area (Å²) < 4.78 is 36.9. The van der Waals surface area contributed by atoms with Gasteiger partial charge in [0.25, 0.3) is 0 Å². The van der Waals surface area contributed by atoms with Crippen LogP contribution in [0, 0.1) is 6.92 Å². The standard InChI is InChI=1S/C20H25ClN2O5S/c1-6-17(20(24)22-16-12-15(27-3)9-10-19(16)28-4)23(29(5,25)26)18-11-14(21)8-7-13(18)2/h7-12,17H,6H2,1-5H3,(H,22,24)/t17-/m0/s1. The average Bonchev–Trinajstić information content (AvgIpc) is 2.66. The summed E-state index contributed by atoms with van der Waals surface area (Å²) in [5.41, 5.74) is 1.43. The zero-order valence-electron chi connectivity index (χ0n) is 17.0. The molecule has 29 heavy (non-hydrogen) atoms. The van der Waals surface area contributed by atoms with Crippen LogP contribution in [0.1, 0.15) is 18.9 Å². The van der Waals surface area contributed by atoms with E-state index < -0.39 is 22.0 Å². The lowest BCUT2D eigenvalue weighted by molar-refractivity contribution is -0.117. The molecule has 2 rings (SSSR count). The van der Waals surface area contributed by atoms with Crippen molar-refractivity contribution in [1.29, 1.82) is 0 Å². The average molecular weight is 441 g/mol. The van der Waals surface area contributed by atoms with Crippen molar-refractivity contribution in [2.45, 2.75) is 26.3 Å². The summed E-state index contributed by atoms with van der Waals surface area (Å²) in [6, 6.07) is 8.90. The van der Waals surface area contributed by atoms with Crippen LogP contribution in [-0.4, -0.2) is 40.8 Å². The van der Waals surface area contributed by atoms with Crippen LogP contribution < -0.4 is 19.1 Å². The Morgan fingerprint density at radius 1 is 1.17 bits per heavy atom. The highest BCUT2D eigenvalue weighted by molar-refractivity contribution is 7.92. The van der Waals surface area contributed by atoms with E-state index in [0.717, 1.165) is 10.6 Å². The molecule has 0 unspecified atom stereocenters. The summed E-state index contributed by atoms with van der Waals surface area (Å²) in [4.78, 5) is 13.1. The van der Waals surface area contributed by atoms with Crippen LogP contribution in [0.25, 0.3) is 0 Å². The molecule has 158 valence electrons. The topological polar surface area (TPSA) is 84.9 Å². The summed E-state index contributed by atoms with van der Waals surface area (Å²) >= 11 is 6.09. The van der Waals surface area contributed by atoms with E-state index in [1.54, 1.807) is 50.2 Å². The first kappa shape index (κ1) is 22.8. The third-order valence-electron chi connectivity index (χ3n) is 4.40. The minimum atomic E-state index is -3.78. The minimum absolute atomic E-state index is 0.247. The highest BCUT2D eigenvalue weighted by Crippen LogP contribution is 2.32. The van der Waals surface area contributed by atoms with Crippen LogP contribution in [0.2, 0.25) is 5.02 Å². The van der Waals surface area contributed by atoms with E-state index >= 15 is 0 Å². The van der Waals surface area contributed by atoms with Crippen molar-refractivity contribution in [2.75, 3.05) is 30.1 Å². The van der Waals surface area contributed by atoms with Gasteiger partial charge in [-0.3, -0.25) is 9.10 Å². The molecule has 0 spiro atoms. The molecule has 0 saturated heterocycles. The molecular formula is C20H25ClN2O5S. The Morgan fingerprint density at radius 3 is 2.41 bits per heavy atom. The van der Waals surface area contributed by atoms with Crippen LogP contribution >= 0.6 is 11.6 Å². The summed E-state index contributed by atoms with van der Waals surface area (Å²) in [7, 11) is -0.788. The second-order valence-electron chi connectivity index (χ2n) is 6.47. The van der Waals surface area contributed by atoms with Crippen molar-refractivity contribution in [3.8, 4) is 11.5 Å². The van der Waals surface area contributed by atoms with Crippen molar-refractivity contribution < 1.29 is 22.7 Å². The Morgan fingerprint density at radius 2 is 1.86 bits per heavy atom. The first-order chi connectivity index (χ1) is 13.6. The van der Waals surface area contributed by atoms with Gasteiger partial charge in [-0.25, -0.2) is 8.42 Å². The third-order valence-corrected chi connectivity index (χ3v) is 5.80. The quantitative estimate of drug-likeness (QED) is 0.673. The fourth-order valence-corrected chi connectivity index (χ4v) is 4.41. The lowest BCUT2D eigenvalue weighted by atomic mass is 10.1. The summed E-state index contributed by atoms with van der Waals surface area (Å²) in [6.45, 7) is 3.50. The number of nitrogens with one attached hydrogen (secondary N) is 1. The molecule has 0 bridgehead atoms. The number of hydrogen-bond donors (Lipinski definition) is 1. The maximum absolute atomic E-state index is 13.1. The molecule has 0 saturated carbocycles. The first-order valence-electron chi connectivity index (χ1n) is 8.90. The van der Waals surface area contributed by atoms with Gasteiger partial charge in [-0.1, -0.05) is 24.6 Å². The summed E-state index contributed by atoms with van der Waals surface area (Å²) in [5.74, 6) is 0.461. The molecule has 1 amide bonds. The van der Waals surface area contributed by atoms with Crippen LogP contribution in [0.3, 0.4) is 0 Å². The van der Waals surface area contributed by atoms with Crippen molar-refractivity contribution in [1.82, 2.24) is 0 Å². The largest absolute Gasteiger partial charge is 0.497 e. The van der Waals surface area contributed by atoms with Gasteiger partial charge in [0.2, 0.25) is 15.9 Å². The number of amides is 1. The number of aryl methyl sites for hydroxylation is 1. The molecule has 0 radical (unpaired) electrons. The van der Waals surface area contributed by atoms with Gasteiger partial charge in [-0.05, 0) is 43.2 Å². The number of ether oxygens (including phenoxy) is 2. The zero-order chi connectivity index (χ0) is 21.8. The summed E-state index contributed by atoms with van der Waals surface area (Å²) in [5, 5.41) is 3.14. The number of nitrogens with zero attached hydrogens (tertiary/aromatic N) is 1. The van der Waals surface area contributed by atoms with Crippen LogP contribution in [0.4, 0.5) is 11.4 Å². The van der Waals surface area contributed by atoms with Crippen molar-refractivity contribution >= 4 is 38.9 Å². The normalized spacial score (nSPS) is 12.2. The summed E-state index contributed by atoms with van der Waals surface area (Å²) in [6.07, 6.45) is 1.31. The number of sulfonamides is 1. The maximum atomic E-state index is 13.1. The second-order valence-corrected chi connectivity index (χ2v) is 8.77. The highest BCUT2D eigenvalue weighted by Gasteiger charge is 2.33. The van der Waals surface area contributed by atoms with E-state index in [2.05, 4.69) is 5.32 Å². The predicted molar refractivity (Wildman–Crippen MR) is 116 cm³/mol. The Balaban J connectivity index is 2.48. The van der Waals surface area contributed by atoms with Gasteiger partial charge in [-0.2, -0.15) is 0 Å². The molecule has 0 fully saturated rings. The van der Waals surface area contributed by atoms with Crippen molar-refractivity contribution in [3.63, 3.8) is 0 Å². The van der Waals surface area contributed by atoms with E-state index in [1.807, 2.05) is 0 Å². The second kappa shape index (κ2) is 9.37. The van der Waals surface area contributed by atoms with Crippen molar-refractivity contribution in [2.24, 2.45) is 0 Å². The number of anilines is 2. The SMILES string of the molecule is CC[C@@H](C(=O)Nc1cc(OC)ccc1OC)N(c1cc(Cl)ccc1C)S(C)(=O)=O. The number of carbonyl (C=O) groups is 1. The van der Waals surface area contributed by atoms with Gasteiger partial charge < -0.3 is 14.8 Å². The fraction of sp³-hybridized carbons (Fsp3) is 0.350. The van der Waals surface area contributed by atoms with Gasteiger partial charge in [0, 0.05) is 11.1 Å². The molecule has 1 atom stereocenters. The molecule has 0 aliphatic carbocycles. The van der Waals surface area contributed by atoms with Gasteiger partial charge in [0.05, 0.1) is 31.9 Å². The Labute approximate surface area is 176 Å². The first-order valence-corrected chi connectivity index (χ1v) is 11.1. The molecule has 0 aliphatic heterocycles. The van der Waals surface area contributed by atoms with Crippen LogP contribution in [-0.2, 0) is 14.8 Å². The Bertz CT molecular complexity index is 994. The zero-order valence-corrected chi connectivity index (χ0v) is 18.6. The molecule has 2 aromatic carbocycles. The Hall–Kier alpha value is -2.45. The lowest BCUT2D eigenvalue weighted by Crippen LogP contribution is -2.47. The fourth-order valence-electron chi connectivity index (χ4n) is 2.98. The number of rotatable bonds is 8. The molecule has 0 aromatic heterocycles. The molecule has 7 nitrogen and oxygen atoms in total. The number of carbonyl (C=O) groups excluding carboxylic acids is 1. The Kier molecular flexibility index (Phi) is 7.37. The molecule has 1 N–H and O–H groups in total. The number of hydrogen-bond acceptors (Lipinski definition) is 5. The van der Waals surface area contributed by atoms with E-state index in [9.17, 15) is 13.2 Å². The smallest absolute Gasteiger partial charge is 0.248 e. The van der Waals surface area contributed by atoms with E-state index in [4.69, 9.17) is 21.1 Å². The van der Waals surface area contributed by atoms with Gasteiger partial charge in [0.1, 0.15) is 17.5 Å². The van der Waals surface area contributed by atoms with E-state index in [0.29, 0.717) is 33.5 Å². The molecule has 2 aromatic rings. The molecule has 0 aliphatic rings. The molecule has 9 heteroatoms. The van der Waals surface area contributed by atoms with Crippen molar-refractivity contribution in [3.05, 3.63) is 47.0 Å². The molecule has 0 heterocycles.